The second kappa shape index (κ2) is 5.06. The van der Waals surface area contributed by atoms with Gasteiger partial charge < -0.3 is 5.73 Å². The molecular weight excluding hydrogens is 264 g/mol. The predicted octanol–water partition coefficient (Wildman–Crippen LogP) is 0.655. The summed E-state index contributed by atoms with van der Waals surface area (Å²) in [6.45, 7) is 0. The standard InChI is InChI=1S/C10H10N8S/c11-9-12-10(15-14-9)19-6-8-13-16-17-18(8)7-4-2-1-3-5-7/h1-5H,6H2,(H3,11,12,14,15). The van der Waals surface area contributed by atoms with Crippen molar-refractivity contribution in [2.45, 2.75) is 10.9 Å². The van der Waals surface area contributed by atoms with Crippen LogP contribution in [-0.4, -0.2) is 35.4 Å². The lowest BCUT2D eigenvalue weighted by molar-refractivity contribution is 0.777. The van der Waals surface area contributed by atoms with Crippen molar-refractivity contribution in [3.05, 3.63) is 36.2 Å². The molecule has 19 heavy (non-hydrogen) atoms. The summed E-state index contributed by atoms with van der Waals surface area (Å²) in [4.78, 5) is 4.01. The lowest BCUT2D eigenvalue weighted by atomic mass is 10.3. The molecule has 0 aliphatic carbocycles. The molecule has 96 valence electrons. The molecule has 8 nitrogen and oxygen atoms in total. The molecular formula is C10H10N8S. The van der Waals surface area contributed by atoms with E-state index in [2.05, 4.69) is 30.7 Å². The Balaban J connectivity index is 1.77. The third kappa shape index (κ3) is 2.55. The zero-order chi connectivity index (χ0) is 13.1. The van der Waals surface area contributed by atoms with Crippen LogP contribution in [0.25, 0.3) is 5.69 Å². The summed E-state index contributed by atoms with van der Waals surface area (Å²) in [5.41, 5.74) is 6.37. The summed E-state index contributed by atoms with van der Waals surface area (Å²) in [7, 11) is 0. The second-order valence-corrected chi connectivity index (χ2v) is 4.58. The number of hydrogen-bond acceptors (Lipinski definition) is 7. The highest BCUT2D eigenvalue weighted by molar-refractivity contribution is 7.98. The van der Waals surface area contributed by atoms with E-state index in [0.29, 0.717) is 16.9 Å². The predicted molar refractivity (Wildman–Crippen MR) is 69.5 cm³/mol. The van der Waals surface area contributed by atoms with Gasteiger partial charge in [-0.05, 0) is 22.6 Å². The van der Waals surface area contributed by atoms with E-state index in [0.717, 1.165) is 11.5 Å². The van der Waals surface area contributed by atoms with Crippen molar-refractivity contribution in [2.75, 3.05) is 5.73 Å². The van der Waals surface area contributed by atoms with Crippen LogP contribution in [0.2, 0.25) is 0 Å². The topological polar surface area (TPSA) is 111 Å². The minimum atomic E-state index is 0.296. The minimum Gasteiger partial charge on any atom is -0.368 e. The number of H-pyrrole nitrogens is 1. The lowest BCUT2D eigenvalue weighted by Crippen LogP contribution is -2.01. The Kier molecular flexibility index (Phi) is 3.11. The van der Waals surface area contributed by atoms with Gasteiger partial charge in [0.15, 0.2) is 5.82 Å². The Morgan fingerprint density at radius 3 is 2.84 bits per heavy atom. The van der Waals surface area contributed by atoms with Gasteiger partial charge in [0, 0.05) is 0 Å². The van der Waals surface area contributed by atoms with Crippen LogP contribution in [0, 0.1) is 0 Å². The Morgan fingerprint density at radius 1 is 1.26 bits per heavy atom. The zero-order valence-electron chi connectivity index (χ0n) is 9.76. The molecule has 3 rings (SSSR count). The number of nitrogens with two attached hydrogens (primary N) is 1. The molecule has 0 fully saturated rings. The Bertz CT molecular complexity index is 661. The summed E-state index contributed by atoms with van der Waals surface area (Å²) in [5.74, 6) is 1.57. The molecule has 0 aliphatic heterocycles. The molecule has 3 N–H and O–H groups in total. The van der Waals surface area contributed by atoms with Crippen molar-refractivity contribution < 1.29 is 0 Å². The number of nitrogens with zero attached hydrogens (tertiary/aromatic N) is 6. The van der Waals surface area contributed by atoms with Gasteiger partial charge in [0.2, 0.25) is 11.1 Å². The quantitative estimate of drug-likeness (QED) is 0.672. The summed E-state index contributed by atoms with van der Waals surface area (Å²) in [6.07, 6.45) is 0. The van der Waals surface area contributed by atoms with Crippen LogP contribution < -0.4 is 5.73 Å². The first-order valence-corrected chi connectivity index (χ1v) is 6.45. The number of tetrazole rings is 1. The normalized spacial score (nSPS) is 10.7. The number of nitrogens with one attached hydrogen (secondary N) is 1. The van der Waals surface area contributed by atoms with Crippen LogP contribution in [0.5, 0.6) is 0 Å². The molecule has 0 unspecified atom stereocenters. The van der Waals surface area contributed by atoms with Gasteiger partial charge in [-0.1, -0.05) is 30.0 Å². The van der Waals surface area contributed by atoms with Crippen molar-refractivity contribution in [3.8, 4) is 5.69 Å². The molecule has 0 saturated heterocycles. The lowest BCUT2D eigenvalue weighted by Gasteiger charge is -2.02. The fourth-order valence-corrected chi connectivity index (χ4v) is 2.23. The number of aromatic amines is 1. The smallest absolute Gasteiger partial charge is 0.216 e. The Labute approximate surface area is 112 Å². The molecule has 0 saturated carbocycles. The number of anilines is 1. The summed E-state index contributed by atoms with van der Waals surface area (Å²) in [6, 6.07) is 9.69. The van der Waals surface area contributed by atoms with E-state index in [9.17, 15) is 0 Å². The van der Waals surface area contributed by atoms with Crippen molar-refractivity contribution in [3.63, 3.8) is 0 Å². The molecule has 9 heteroatoms. The van der Waals surface area contributed by atoms with Gasteiger partial charge in [-0.3, -0.25) is 0 Å². The summed E-state index contributed by atoms with van der Waals surface area (Å²) < 4.78 is 1.68. The van der Waals surface area contributed by atoms with E-state index in [1.54, 1.807) is 4.68 Å². The summed E-state index contributed by atoms with van der Waals surface area (Å²) in [5, 5.41) is 18.8. The third-order valence-electron chi connectivity index (χ3n) is 2.35. The van der Waals surface area contributed by atoms with Gasteiger partial charge in [0.1, 0.15) is 0 Å². The van der Waals surface area contributed by atoms with Gasteiger partial charge in [0.25, 0.3) is 0 Å². The van der Waals surface area contributed by atoms with Gasteiger partial charge in [-0.15, -0.1) is 10.2 Å². The van der Waals surface area contributed by atoms with Crippen LogP contribution >= 0.6 is 11.8 Å². The molecule has 0 amide bonds. The zero-order valence-corrected chi connectivity index (χ0v) is 10.6. The van der Waals surface area contributed by atoms with Crippen LogP contribution in [0.15, 0.2) is 35.5 Å². The van der Waals surface area contributed by atoms with E-state index in [1.807, 2.05) is 30.3 Å². The molecule has 3 aromatic rings. The summed E-state index contributed by atoms with van der Waals surface area (Å²) >= 11 is 1.41. The third-order valence-corrected chi connectivity index (χ3v) is 3.19. The Morgan fingerprint density at radius 2 is 2.11 bits per heavy atom. The molecule has 0 aliphatic rings. The van der Waals surface area contributed by atoms with E-state index >= 15 is 0 Å². The fraction of sp³-hybridized carbons (Fsp3) is 0.100. The van der Waals surface area contributed by atoms with E-state index in [-0.39, 0.29) is 0 Å². The molecule has 0 bridgehead atoms. The maximum atomic E-state index is 5.46. The molecule has 1 aromatic carbocycles. The highest BCUT2D eigenvalue weighted by Crippen LogP contribution is 2.19. The number of hydrogen-bond donors (Lipinski definition) is 2. The van der Waals surface area contributed by atoms with Crippen molar-refractivity contribution >= 4 is 17.7 Å². The molecule has 0 spiro atoms. The monoisotopic (exact) mass is 274 g/mol. The number of para-hydroxylation sites is 1. The largest absolute Gasteiger partial charge is 0.368 e. The maximum Gasteiger partial charge on any atom is 0.216 e. The highest BCUT2D eigenvalue weighted by atomic mass is 32.2. The molecule has 0 atom stereocenters. The van der Waals surface area contributed by atoms with Crippen LogP contribution in [0.4, 0.5) is 5.95 Å². The number of thioether (sulfide) groups is 1. The first-order valence-electron chi connectivity index (χ1n) is 5.46. The van der Waals surface area contributed by atoms with Crippen molar-refractivity contribution in [1.29, 1.82) is 0 Å². The maximum absolute atomic E-state index is 5.46. The van der Waals surface area contributed by atoms with E-state index in [4.69, 9.17) is 5.73 Å². The van der Waals surface area contributed by atoms with Gasteiger partial charge in [-0.25, -0.2) is 5.10 Å². The SMILES string of the molecule is Nc1nc(SCc2nnnn2-c2ccccc2)n[nH]1. The number of benzene rings is 1. The van der Waals surface area contributed by atoms with Crippen molar-refractivity contribution in [2.24, 2.45) is 0 Å². The average molecular weight is 274 g/mol. The van der Waals surface area contributed by atoms with E-state index in [1.165, 1.54) is 11.8 Å². The fourth-order valence-electron chi connectivity index (χ4n) is 1.52. The Hall–Kier alpha value is -2.42. The van der Waals surface area contributed by atoms with Crippen LogP contribution in [0.3, 0.4) is 0 Å². The average Bonchev–Trinajstić information content (AvgIpc) is 3.06. The minimum absolute atomic E-state index is 0.296. The van der Waals surface area contributed by atoms with Crippen molar-refractivity contribution in [1.82, 2.24) is 35.4 Å². The van der Waals surface area contributed by atoms with Gasteiger partial charge in [-0.2, -0.15) is 9.67 Å². The first-order chi connectivity index (χ1) is 9.33. The first kappa shape index (κ1) is 11.7. The van der Waals surface area contributed by atoms with Crippen LogP contribution in [0.1, 0.15) is 5.82 Å². The van der Waals surface area contributed by atoms with Gasteiger partial charge in [0.05, 0.1) is 11.4 Å². The second-order valence-electron chi connectivity index (χ2n) is 3.63. The van der Waals surface area contributed by atoms with Gasteiger partial charge >= 0.3 is 0 Å². The van der Waals surface area contributed by atoms with Crippen LogP contribution in [-0.2, 0) is 5.75 Å². The highest BCUT2D eigenvalue weighted by Gasteiger charge is 2.10. The molecule has 2 aromatic heterocycles. The van der Waals surface area contributed by atoms with E-state index < -0.39 is 0 Å². The number of aromatic nitrogens is 7. The number of nitrogen functional groups attached to an aromatic ring is 1. The number of rotatable bonds is 4. The molecule has 0 radical (unpaired) electrons. The molecule has 2 heterocycles.